The molecule has 3 aliphatic rings. The van der Waals surface area contributed by atoms with Crippen LogP contribution in [0.4, 0.5) is 0 Å². The molecule has 1 aromatic carbocycles. The van der Waals surface area contributed by atoms with Gasteiger partial charge in [0.25, 0.3) is 5.91 Å². The molecule has 2 heterocycles. The molecule has 4 heteroatoms. The third kappa shape index (κ3) is 1.54. The highest BCUT2D eigenvalue weighted by Crippen LogP contribution is 2.29. The maximum atomic E-state index is 12.7. The van der Waals surface area contributed by atoms with Gasteiger partial charge in [-0.15, -0.1) is 0 Å². The summed E-state index contributed by atoms with van der Waals surface area (Å²) in [7, 11) is 0. The Balaban J connectivity index is 1.72. The van der Waals surface area contributed by atoms with Crippen LogP contribution >= 0.6 is 0 Å². The molecular weight excluding hydrogens is 250 g/mol. The van der Waals surface area contributed by atoms with Crippen LogP contribution in [0.2, 0.25) is 0 Å². The summed E-state index contributed by atoms with van der Waals surface area (Å²) >= 11 is 0. The van der Waals surface area contributed by atoms with E-state index in [9.17, 15) is 4.79 Å². The van der Waals surface area contributed by atoms with E-state index < -0.39 is 0 Å². The minimum Gasteiger partial charge on any atom is -0.351 e. The zero-order valence-electron chi connectivity index (χ0n) is 10.8. The zero-order valence-corrected chi connectivity index (χ0v) is 10.8. The number of carbonyl (C=O) groups is 1. The highest BCUT2D eigenvalue weighted by Gasteiger charge is 2.44. The van der Waals surface area contributed by atoms with Gasteiger partial charge in [-0.3, -0.25) is 9.69 Å². The highest BCUT2D eigenvalue weighted by atomic mass is 16.2. The fraction of sp³-hybridized carbons (Fsp3) is 0.125. The fourth-order valence-corrected chi connectivity index (χ4v) is 2.85. The quantitative estimate of drug-likeness (QED) is 0.749. The number of hydrogen-bond donors (Lipinski definition) is 2. The lowest BCUT2D eigenvalue weighted by Gasteiger charge is -2.25. The average Bonchev–Trinajstić information content (AvgIpc) is 2.86. The molecule has 1 aromatic rings. The van der Waals surface area contributed by atoms with E-state index >= 15 is 0 Å². The van der Waals surface area contributed by atoms with E-state index in [0.29, 0.717) is 0 Å². The topological polar surface area (TPSA) is 46.3 Å². The summed E-state index contributed by atoms with van der Waals surface area (Å²) in [6.07, 6.45) is 9.84. The van der Waals surface area contributed by atoms with E-state index in [1.807, 2.05) is 65.7 Å². The standard InChI is InChI=1S/C16H13N3O/c20-16-15(11-6-2-1-3-7-11)18-14-10-17-12-8-4-5-9-13(12)19(14)16/h1-10,13,15,18H/p+1. The van der Waals surface area contributed by atoms with Gasteiger partial charge in [-0.05, 0) is 5.56 Å². The first-order valence-electron chi connectivity index (χ1n) is 6.67. The first-order chi connectivity index (χ1) is 9.84. The van der Waals surface area contributed by atoms with E-state index in [4.69, 9.17) is 0 Å². The molecule has 98 valence electrons. The lowest BCUT2D eigenvalue weighted by molar-refractivity contribution is -0.380. The van der Waals surface area contributed by atoms with Gasteiger partial charge in [0.1, 0.15) is 12.1 Å². The van der Waals surface area contributed by atoms with Crippen molar-refractivity contribution in [1.29, 1.82) is 0 Å². The fourth-order valence-electron chi connectivity index (χ4n) is 2.85. The van der Waals surface area contributed by atoms with Crippen LogP contribution in [0.5, 0.6) is 0 Å². The smallest absolute Gasteiger partial charge is 0.256 e. The Labute approximate surface area is 116 Å². The van der Waals surface area contributed by atoms with Gasteiger partial charge in [0, 0.05) is 6.08 Å². The Kier molecular flexibility index (Phi) is 2.36. The minimum absolute atomic E-state index is 0.0336. The molecule has 2 unspecified atom stereocenters. The molecule has 1 amide bonds. The van der Waals surface area contributed by atoms with Crippen LogP contribution in [0.15, 0.2) is 66.7 Å². The zero-order chi connectivity index (χ0) is 13.5. The van der Waals surface area contributed by atoms with Crippen LogP contribution in [0.1, 0.15) is 11.6 Å². The van der Waals surface area contributed by atoms with Crippen molar-refractivity contribution in [2.45, 2.75) is 12.1 Å². The Morgan fingerprint density at radius 1 is 1.15 bits per heavy atom. The molecule has 4 rings (SSSR count). The van der Waals surface area contributed by atoms with Crippen molar-refractivity contribution in [1.82, 2.24) is 10.2 Å². The van der Waals surface area contributed by atoms with Crippen molar-refractivity contribution < 1.29 is 9.79 Å². The number of carbonyl (C=O) groups excluding carboxylic acids is 1. The molecule has 2 atom stereocenters. The second-order valence-electron chi connectivity index (χ2n) is 5.01. The van der Waals surface area contributed by atoms with Crippen LogP contribution in [-0.2, 0) is 4.79 Å². The molecule has 0 radical (unpaired) electrons. The first-order valence-corrected chi connectivity index (χ1v) is 6.67. The van der Waals surface area contributed by atoms with Crippen LogP contribution in [0.3, 0.4) is 0 Å². The maximum absolute atomic E-state index is 12.7. The number of fused-ring (bicyclic) bond motifs is 3. The summed E-state index contributed by atoms with van der Waals surface area (Å²) in [5.41, 5.74) is 2.02. The Morgan fingerprint density at radius 3 is 2.85 bits per heavy atom. The van der Waals surface area contributed by atoms with Crippen LogP contribution in [-0.4, -0.2) is 22.6 Å². The van der Waals surface area contributed by atoms with Gasteiger partial charge in [-0.25, -0.2) is 4.99 Å². The normalized spacial score (nSPS) is 26.6. The van der Waals surface area contributed by atoms with Crippen LogP contribution in [0, 0.1) is 0 Å². The monoisotopic (exact) mass is 264 g/mol. The molecule has 0 spiro atoms. The van der Waals surface area contributed by atoms with Crippen LogP contribution < -0.4 is 10.3 Å². The van der Waals surface area contributed by atoms with Crippen molar-refractivity contribution in [3.05, 3.63) is 72.2 Å². The molecule has 1 fully saturated rings. The summed E-state index contributed by atoms with van der Waals surface area (Å²) < 4.78 is 0. The molecule has 2 aliphatic heterocycles. The largest absolute Gasteiger partial charge is 0.351 e. The predicted octanol–water partition coefficient (Wildman–Crippen LogP) is -0.0118. The number of amides is 1. The predicted molar refractivity (Wildman–Crippen MR) is 75.3 cm³/mol. The van der Waals surface area contributed by atoms with Gasteiger partial charge < -0.3 is 5.32 Å². The molecular formula is C16H14N3O+. The number of nitrogens with one attached hydrogen (secondary N) is 2. The number of benzene rings is 1. The van der Waals surface area contributed by atoms with Gasteiger partial charge in [0.2, 0.25) is 11.9 Å². The van der Waals surface area contributed by atoms with Crippen LogP contribution in [0.25, 0.3) is 0 Å². The molecule has 1 aliphatic carbocycles. The second-order valence-corrected chi connectivity index (χ2v) is 5.01. The molecule has 20 heavy (non-hydrogen) atoms. The van der Waals surface area contributed by atoms with Gasteiger partial charge in [0.15, 0.2) is 5.82 Å². The van der Waals surface area contributed by atoms with Crippen molar-refractivity contribution in [3.8, 4) is 0 Å². The summed E-state index contributed by atoms with van der Waals surface area (Å²) in [6.45, 7) is 0. The summed E-state index contributed by atoms with van der Waals surface area (Å²) in [4.78, 5) is 17.8. The third-order valence-electron chi connectivity index (χ3n) is 3.82. The molecule has 0 aromatic heterocycles. The Bertz CT molecular complexity index is 685. The summed E-state index contributed by atoms with van der Waals surface area (Å²) in [6, 6.07) is 9.48. The maximum Gasteiger partial charge on any atom is 0.256 e. The van der Waals surface area contributed by atoms with Crippen molar-refractivity contribution in [2.75, 3.05) is 0 Å². The third-order valence-corrected chi connectivity index (χ3v) is 3.82. The lowest BCUT2D eigenvalue weighted by atomic mass is 10.0. The lowest BCUT2D eigenvalue weighted by Crippen LogP contribution is -2.74. The molecule has 0 bridgehead atoms. The number of rotatable bonds is 1. The summed E-state index contributed by atoms with van der Waals surface area (Å²) in [5, 5.41) is 3.30. The van der Waals surface area contributed by atoms with Gasteiger partial charge >= 0.3 is 0 Å². The van der Waals surface area contributed by atoms with E-state index in [-0.39, 0.29) is 18.0 Å². The number of allylic oxidation sites excluding steroid dienone is 2. The SMILES string of the molecule is O=C1C(c2ccccc2)NC2=C[NH+]=C3C=CC=CC3N12. The van der Waals surface area contributed by atoms with Gasteiger partial charge in [-0.1, -0.05) is 48.6 Å². The molecule has 2 N–H and O–H groups in total. The van der Waals surface area contributed by atoms with E-state index in [2.05, 4.69) is 10.3 Å². The second kappa shape index (κ2) is 4.20. The minimum atomic E-state index is -0.303. The first kappa shape index (κ1) is 11.2. The van der Waals surface area contributed by atoms with Crippen molar-refractivity contribution >= 4 is 11.6 Å². The number of hydrogen-bond acceptors (Lipinski definition) is 2. The summed E-state index contributed by atoms with van der Waals surface area (Å²) in [5.74, 6) is 0.920. The van der Waals surface area contributed by atoms with E-state index in [1.54, 1.807) is 0 Å². The van der Waals surface area contributed by atoms with Crippen molar-refractivity contribution in [2.24, 2.45) is 0 Å². The van der Waals surface area contributed by atoms with Crippen molar-refractivity contribution in [3.63, 3.8) is 0 Å². The average molecular weight is 264 g/mol. The Hall–Kier alpha value is -2.62. The number of nitrogens with zero attached hydrogens (tertiary/aromatic N) is 1. The molecule has 0 saturated carbocycles. The van der Waals surface area contributed by atoms with Gasteiger partial charge in [0.05, 0.1) is 0 Å². The van der Waals surface area contributed by atoms with E-state index in [1.165, 1.54) is 0 Å². The van der Waals surface area contributed by atoms with E-state index in [0.717, 1.165) is 17.1 Å². The van der Waals surface area contributed by atoms with Gasteiger partial charge in [-0.2, -0.15) is 0 Å². The molecule has 1 saturated heterocycles. The Morgan fingerprint density at radius 2 is 2.00 bits per heavy atom. The highest BCUT2D eigenvalue weighted by molar-refractivity contribution is 6.02. The molecule has 4 nitrogen and oxygen atoms in total.